The molecule has 3 rings (SSSR count). The Balaban J connectivity index is 2.04. The van der Waals surface area contributed by atoms with E-state index in [1.54, 1.807) is 41.5 Å². The normalized spacial score (nSPS) is 10.7. The van der Waals surface area contributed by atoms with E-state index in [0.29, 0.717) is 17.8 Å². The van der Waals surface area contributed by atoms with Crippen molar-refractivity contribution >= 4 is 0 Å². The van der Waals surface area contributed by atoms with Crippen LogP contribution in [0, 0.1) is 6.92 Å². The molecule has 1 aromatic carbocycles. The van der Waals surface area contributed by atoms with Gasteiger partial charge in [0, 0.05) is 18.6 Å². The smallest absolute Gasteiger partial charge is 0.128 e. The Morgan fingerprint density at radius 3 is 2.33 bits per heavy atom. The van der Waals surface area contributed by atoms with Gasteiger partial charge in [-0.25, -0.2) is 0 Å². The molecule has 0 aliphatic carbocycles. The second-order valence-corrected chi connectivity index (χ2v) is 4.91. The van der Waals surface area contributed by atoms with E-state index in [1.807, 2.05) is 19.1 Å². The van der Waals surface area contributed by atoms with Crippen molar-refractivity contribution in [2.45, 2.75) is 13.5 Å². The molecule has 5 nitrogen and oxygen atoms in total. The van der Waals surface area contributed by atoms with Crippen molar-refractivity contribution in [3.8, 4) is 22.8 Å². The minimum absolute atomic E-state index is 0.0454. The summed E-state index contributed by atoms with van der Waals surface area (Å²) in [7, 11) is 0. The molecule has 0 amide bonds. The predicted octanol–water partition coefficient (Wildman–Crippen LogP) is 2.71. The molecule has 0 saturated heterocycles. The molecule has 0 saturated carbocycles. The second-order valence-electron chi connectivity index (χ2n) is 4.91. The van der Waals surface area contributed by atoms with Gasteiger partial charge in [0.15, 0.2) is 0 Å². The molecule has 0 spiro atoms. The number of nitrogens with zero attached hydrogens (tertiary/aromatic N) is 3. The average molecular weight is 281 g/mol. The highest BCUT2D eigenvalue weighted by Gasteiger charge is 2.15. The summed E-state index contributed by atoms with van der Waals surface area (Å²) in [5.41, 5.74) is 2.91. The van der Waals surface area contributed by atoms with E-state index < -0.39 is 0 Å². The van der Waals surface area contributed by atoms with Crippen molar-refractivity contribution in [1.82, 2.24) is 14.8 Å². The highest BCUT2D eigenvalue weighted by Crippen LogP contribution is 2.38. The fraction of sp³-hybridized carbons (Fsp3) is 0.125. The summed E-state index contributed by atoms with van der Waals surface area (Å²) in [6, 6.07) is 8.82. The quantitative estimate of drug-likeness (QED) is 0.774. The Bertz CT molecular complexity index is 743. The van der Waals surface area contributed by atoms with Gasteiger partial charge in [-0.2, -0.15) is 5.10 Å². The lowest BCUT2D eigenvalue weighted by Crippen LogP contribution is -2.04. The van der Waals surface area contributed by atoms with Gasteiger partial charge in [0.1, 0.15) is 11.5 Å². The number of hydrogen-bond donors (Lipinski definition) is 2. The monoisotopic (exact) mass is 281 g/mol. The number of phenols is 2. The first-order valence-corrected chi connectivity index (χ1v) is 6.59. The number of pyridine rings is 1. The molecule has 0 fully saturated rings. The van der Waals surface area contributed by atoms with Crippen molar-refractivity contribution in [2.75, 3.05) is 0 Å². The molecule has 5 heteroatoms. The van der Waals surface area contributed by atoms with Crippen molar-refractivity contribution in [3.63, 3.8) is 0 Å². The van der Waals surface area contributed by atoms with Crippen LogP contribution in [0.1, 0.15) is 11.1 Å². The molecule has 2 heterocycles. The number of rotatable bonds is 3. The Morgan fingerprint density at radius 1 is 1.00 bits per heavy atom. The van der Waals surface area contributed by atoms with Crippen molar-refractivity contribution in [1.29, 1.82) is 0 Å². The second kappa shape index (κ2) is 5.28. The summed E-state index contributed by atoms with van der Waals surface area (Å²) in [5, 5.41) is 24.5. The molecule has 3 aromatic rings. The number of aryl methyl sites for hydroxylation is 1. The first kappa shape index (κ1) is 13.2. The maximum Gasteiger partial charge on any atom is 0.128 e. The zero-order valence-electron chi connectivity index (χ0n) is 11.6. The minimum Gasteiger partial charge on any atom is -0.507 e. The molecule has 21 heavy (non-hydrogen) atoms. The molecule has 0 aliphatic rings. The molecule has 0 aliphatic heterocycles. The molecule has 106 valence electrons. The van der Waals surface area contributed by atoms with E-state index >= 15 is 0 Å². The van der Waals surface area contributed by atoms with Gasteiger partial charge in [0.25, 0.3) is 0 Å². The highest BCUT2D eigenvalue weighted by atomic mass is 16.3. The van der Waals surface area contributed by atoms with Crippen LogP contribution < -0.4 is 0 Å². The van der Waals surface area contributed by atoms with Gasteiger partial charge >= 0.3 is 0 Å². The standard InChI is InChI=1S/C16H15N3O2/c1-11-8-14(20)16(15(21)9-11)13-4-7-18-19(13)10-12-2-5-17-6-3-12/h2-9,20-21H,10H2,1H3. The molecular weight excluding hydrogens is 266 g/mol. The van der Waals surface area contributed by atoms with Crippen LogP contribution in [0.4, 0.5) is 0 Å². The van der Waals surface area contributed by atoms with Crippen molar-refractivity contribution < 1.29 is 10.2 Å². The topological polar surface area (TPSA) is 71.2 Å². The third-order valence-electron chi connectivity index (χ3n) is 3.30. The SMILES string of the molecule is Cc1cc(O)c(-c2ccnn2Cc2ccncc2)c(O)c1. The first-order valence-electron chi connectivity index (χ1n) is 6.59. The van der Waals surface area contributed by atoms with Gasteiger partial charge < -0.3 is 10.2 Å². The number of aromatic nitrogens is 3. The van der Waals surface area contributed by atoms with Gasteiger partial charge in [0.2, 0.25) is 0 Å². The van der Waals surface area contributed by atoms with Crippen LogP contribution in [0.25, 0.3) is 11.3 Å². The van der Waals surface area contributed by atoms with Crippen LogP contribution in [0.2, 0.25) is 0 Å². The maximum atomic E-state index is 10.1. The lowest BCUT2D eigenvalue weighted by Gasteiger charge is -2.11. The summed E-state index contributed by atoms with van der Waals surface area (Å²) in [5.74, 6) is 0.0907. The third-order valence-corrected chi connectivity index (χ3v) is 3.30. The Labute approximate surface area is 122 Å². The first-order chi connectivity index (χ1) is 10.1. The zero-order chi connectivity index (χ0) is 14.8. The molecule has 0 unspecified atom stereocenters. The number of phenolic OH excluding ortho intramolecular Hbond substituents is 2. The molecule has 0 atom stereocenters. The fourth-order valence-electron chi connectivity index (χ4n) is 2.34. The van der Waals surface area contributed by atoms with E-state index in [9.17, 15) is 10.2 Å². The van der Waals surface area contributed by atoms with Crippen LogP contribution in [0.3, 0.4) is 0 Å². The fourth-order valence-corrected chi connectivity index (χ4v) is 2.34. The Hall–Kier alpha value is -2.82. The molecular formula is C16H15N3O2. The van der Waals surface area contributed by atoms with Gasteiger partial charge in [-0.05, 0) is 48.4 Å². The lowest BCUT2D eigenvalue weighted by atomic mass is 10.1. The van der Waals surface area contributed by atoms with E-state index in [-0.39, 0.29) is 11.5 Å². The number of hydrogen-bond acceptors (Lipinski definition) is 4. The maximum absolute atomic E-state index is 10.1. The predicted molar refractivity (Wildman–Crippen MR) is 79.1 cm³/mol. The lowest BCUT2D eigenvalue weighted by molar-refractivity contribution is 0.452. The van der Waals surface area contributed by atoms with Gasteiger partial charge in [-0.3, -0.25) is 9.67 Å². The van der Waals surface area contributed by atoms with Crippen LogP contribution in [0.15, 0.2) is 48.9 Å². The van der Waals surface area contributed by atoms with Crippen LogP contribution in [-0.2, 0) is 6.54 Å². The van der Waals surface area contributed by atoms with Gasteiger partial charge in [-0.15, -0.1) is 0 Å². The molecule has 0 radical (unpaired) electrons. The van der Waals surface area contributed by atoms with Crippen LogP contribution in [-0.4, -0.2) is 25.0 Å². The van der Waals surface area contributed by atoms with Crippen molar-refractivity contribution in [3.05, 3.63) is 60.0 Å². The Morgan fingerprint density at radius 2 is 1.67 bits per heavy atom. The van der Waals surface area contributed by atoms with E-state index in [4.69, 9.17) is 0 Å². The summed E-state index contributed by atoms with van der Waals surface area (Å²) in [6.07, 6.45) is 5.09. The Kier molecular flexibility index (Phi) is 3.31. The summed E-state index contributed by atoms with van der Waals surface area (Å²) in [6.45, 7) is 2.36. The van der Waals surface area contributed by atoms with Gasteiger partial charge in [-0.1, -0.05) is 0 Å². The molecule has 0 bridgehead atoms. The van der Waals surface area contributed by atoms with E-state index in [0.717, 1.165) is 11.1 Å². The summed E-state index contributed by atoms with van der Waals surface area (Å²) < 4.78 is 1.74. The summed E-state index contributed by atoms with van der Waals surface area (Å²) in [4.78, 5) is 3.98. The average Bonchev–Trinajstić information content (AvgIpc) is 2.87. The highest BCUT2D eigenvalue weighted by molar-refractivity contribution is 5.74. The third kappa shape index (κ3) is 2.58. The molecule has 2 aromatic heterocycles. The summed E-state index contributed by atoms with van der Waals surface area (Å²) >= 11 is 0. The van der Waals surface area contributed by atoms with Crippen LogP contribution >= 0.6 is 0 Å². The van der Waals surface area contributed by atoms with Crippen molar-refractivity contribution in [2.24, 2.45) is 0 Å². The number of benzene rings is 1. The van der Waals surface area contributed by atoms with E-state index in [2.05, 4.69) is 10.1 Å². The zero-order valence-corrected chi connectivity index (χ0v) is 11.6. The largest absolute Gasteiger partial charge is 0.507 e. The van der Waals surface area contributed by atoms with E-state index in [1.165, 1.54) is 0 Å². The van der Waals surface area contributed by atoms with Gasteiger partial charge in [0.05, 0.1) is 17.8 Å². The number of aromatic hydroxyl groups is 2. The minimum atomic E-state index is 0.0454. The van der Waals surface area contributed by atoms with Crippen LogP contribution in [0.5, 0.6) is 11.5 Å². The molecule has 2 N–H and O–H groups in total.